The van der Waals surface area contributed by atoms with Gasteiger partial charge in [0.1, 0.15) is 9.84 Å². The van der Waals surface area contributed by atoms with Crippen LogP contribution in [0.2, 0.25) is 0 Å². The number of nitrogens with zero attached hydrogens (tertiary/aromatic N) is 1. The minimum Gasteiger partial charge on any atom is -0.315 e. The molecule has 0 saturated heterocycles. The molecule has 8 heteroatoms. The summed E-state index contributed by atoms with van der Waals surface area (Å²) in [6.45, 7) is 4.89. The van der Waals surface area contributed by atoms with Crippen molar-refractivity contribution in [2.24, 2.45) is 0 Å². The van der Waals surface area contributed by atoms with E-state index in [-0.39, 0.29) is 18.1 Å². The highest BCUT2D eigenvalue weighted by Crippen LogP contribution is 2.03. The summed E-state index contributed by atoms with van der Waals surface area (Å²) in [5.74, 6) is -0.0787. The lowest BCUT2D eigenvalue weighted by atomic mass is 10.3. The van der Waals surface area contributed by atoms with Crippen LogP contribution >= 0.6 is 0 Å². The molecule has 0 aromatic carbocycles. The monoisotopic (exact) mass is 314 g/mol. The number of hydrogen-bond donors (Lipinski definition) is 1. The number of hydrogen-bond acceptors (Lipinski definition) is 5. The molecule has 116 valence electrons. The van der Waals surface area contributed by atoms with Crippen LogP contribution in [-0.2, 0) is 19.9 Å². The average Bonchev–Trinajstić information content (AvgIpc) is 2.23. The van der Waals surface area contributed by atoms with E-state index in [1.165, 1.54) is 7.05 Å². The van der Waals surface area contributed by atoms with Gasteiger partial charge in [-0.1, -0.05) is 13.8 Å². The first-order valence-corrected chi connectivity index (χ1v) is 10.1. The molecule has 1 N–H and O–H groups in total. The predicted molar refractivity (Wildman–Crippen MR) is 78.5 cm³/mol. The van der Waals surface area contributed by atoms with E-state index in [2.05, 4.69) is 5.32 Å². The highest BCUT2D eigenvalue weighted by molar-refractivity contribution is 7.91. The van der Waals surface area contributed by atoms with E-state index in [0.717, 1.165) is 23.5 Å². The standard InChI is InChI=1S/C11H26N2O4S2/c1-11(2)12-7-5-6-9-19(16,17)13(3)8-10-18(4,14)15/h11-12H,5-10H2,1-4H3. The Morgan fingerprint density at radius 3 is 2.11 bits per heavy atom. The van der Waals surface area contributed by atoms with E-state index < -0.39 is 19.9 Å². The first-order chi connectivity index (χ1) is 8.54. The third-order valence-corrected chi connectivity index (χ3v) is 5.49. The third-order valence-electron chi connectivity index (χ3n) is 2.63. The van der Waals surface area contributed by atoms with Crippen LogP contribution in [0.3, 0.4) is 0 Å². The minimum atomic E-state index is -3.34. The van der Waals surface area contributed by atoms with Gasteiger partial charge in [0.25, 0.3) is 0 Å². The zero-order valence-corrected chi connectivity index (χ0v) is 13.8. The molecule has 0 amide bonds. The first kappa shape index (κ1) is 18.8. The Morgan fingerprint density at radius 1 is 1.05 bits per heavy atom. The van der Waals surface area contributed by atoms with Gasteiger partial charge in [0.05, 0.1) is 11.5 Å². The maximum absolute atomic E-state index is 11.9. The Balaban J connectivity index is 4.03. The lowest BCUT2D eigenvalue weighted by molar-refractivity contribution is 0.481. The normalized spacial score (nSPS) is 13.4. The second-order valence-electron chi connectivity index (χ2n) is 5.08. The second kappa shape index (κ2) is 8.18. The number of rotatable bonds is 10. The van der Waals surface area contributed by atoms with Crippen molar-refractivity contribution in [2.75, 3.05) is 37.9 Å². The number of sulfone groups is 1. The van der Waals surface area contributed by atoms with Gasteiger partial charge in [-0.05, 0) is 19.4 Å². The van der Waals surface area contributed by atoms with Crippen LogP contribution in [0, 0.1) is 0 Å². The molecule has 0 bridgehead atoms. The van der Waals surface area contributed by atoms with Crippen LogP contribution < -0.4 is 5.32 Å². The number of nitrogens with one attached hydrogen (secondary N) is 1. The summed E-state index contributed by atoms with van der Waals surface area (Å²) in [5.41, 5.74) is 0. The lowest BCUT2D eigenvalue weighted by Gasteiger charge is -2.16. The molecule has 0 heterocycles. The van der Waals surface area contributed by atoms with Crippen molar-refractivity contribution < 1.29 is 16.8 Å². The summed E-state index contributed by atoms with van der Waals surface area (Å²) in [7, 11) is -5.05. The van der Waals surface area contributed by atoms with Crippen molar-refractivity contribution in [3.05, 3.63) is 0 Å². The van der Waals surface area contributed by atoms with Crippen molar-refractivity contribution in [1.82, 2.24) is 9.62 Å². The summed E-state index contributed by atoms with van der Waals surface area (Å²) >= 11 is 0. The van der Waals surface area contributed by atoms with E-state index in [1.54, 1.807) is 0 Å². The van der Waals surface area contributed by atoms with Crippen LogP contribution in [0.15, 0.2) is 0 Å². The van der Waals surface area contributed by atoms with Crippen LogP contribution in [-0.4, -0.2) is 65.1 Å². The topological polar surface area (TPSA) is 83.6 Å². The molecule has 0 radical (unpaired) electrons. The molecule has 0 aromatic heterocycles. The van der Waals surface area contributed by atoms with Crippen LogP contribution in [0.1, 0.15) is 26.7 Å². The summed E-state index contributed by atoms with van der Waals surface area (Å²) in [6.07, 6.45) is 2.47. The molecule has 0 fully saturated rings. The Bertz CT molecular complexity index is 443. The van der Waals surface area contributed by atoms with E-state index in [0.29, 0.717) is 12.5 Å². The summed E-state index contributed by atoms with van der Waals surface area (Å²) in [5, 5.41) is 3.22. The van der Waals surface area contributed by atoms with Gasteiger partial charge in [0, 0.05) is 25.9 Å². The van der Waals surface area contributed by atoms with Crippen molar-refractivity contribution in [3.63, 3.8) is 0 Å². The summed E-state index contributed by atoms with van der Waals surface area (Å²) in [4.78, 5) is 0. The molecule has 0 saturated carbocycles. The fraction of sp³-hybridized carbons (Fsp3) is 1.00. The molecular weight excluding hydrogens is 288 g/mol. The Hall–Kier alpha value is -0.180. The molecule has 0 spiro atoms. The zero-order valence-electron chi connectivity index (χ0n) is 12.2. The van der Waals surface area contributed by atoms with E-state index in [4.69, 9.17) is 0 Å². The van der Waals surface area contributed by atoms with Gasteiger partial charge in [-0.15, -0.1) is 0 Å². The minimum absolute atomic E-state index is 0.0193. The van der Waals surface area contributed by atoms with Gasteiger partial charge in [0.2, 0.25) is 10.0 Å². The molecule has 0 unspecified atom stereocenters. The van der Waals surface area contributed by atoms with Gasteiger partial charge < -0.3 is 5.32 Å². The maximum atomic E-state index is 11.9. The Morgan fingerprint density at radius 2 is 1.63 bits per heavy atom. The van der Waals surface area contributed by atoms with Crippen LogP contribution in [0.5, 0.6) is 0 Å². The van der Waals surface area contributed by atoms with Crippen LogP contribution in [0.25, 0.3) is 0 Å². The van der Waals surface area contributed by atoms with E-state index >= 15 is 0 Å². The molecule has 19 heavy (non-hydrogen) atoms. The summed E-state index contributed by atoms with van der Waals surface area (Å²) < 4.78 is 46.8. The average molecular weight is 314 g/mol. The van der Waals surface area contributed by atoms with Gasteiger partial charge in [0.15, 0.2) is 0 Å². The largest absolute Gasteiger partial charge is 0.315 e. The number of unbranched alkanes of at least 4 members (excludes halogenated alkanes) is 1. The smallest absolute Gasteiger partial charge is 0.213 e. The third kappa shape index (κ3) is 10.3. The lowest BCUT2D eigenvalue weighted by Crippen LogP contribution is -2.33. The highest BCUT2D eigenvalue weighted by Gasteiger charge is 2.18. The van der Waals surface area contributed by atoms with Crippen LogP contribution in [0.4, 0.5) is 0 Å². The molecule has 0 rings (SSSR count). The fourth-order valence-electron chi connectivity index (χ4n) is 1.39. The Labute approximate surface area is 117 Å². The van der Waals surface area contributed by atoms with Crippen molar-refractivity contribution in [1.29, 1.82) is 0 Å². The molecule has 6 nitrogen and oxygen atoms in total. The molecule has 0 aliphatic heterocycles. The van der Waals surface area contributed by atoms with Gasteiger partial charge in [-0.25, -0.2) is 21.1 Å². The number of sulfonamides is 1. The summed E-state index contributed by atoms with van der Waals surface area (Å²) in [6, 6.07) is 0.397. The van der Waals surface area contributed by atoms with Crippen molar-refractivity contribution >= 4 is 19.9 Å². The highest BCUT2D eigenvalue weighted by atomic mass is 32.2. The van der Waals surface area contributed by atoms with Gasteiger partial charge >= 0.3 is 0 Å². The van der Waals surface area contributed by atoms with E-state index in [9.17, 15) is 16.8 Å². The molecular formula is C11H26N2O4S2. The van der Waals surface area contributed by atoms with Crippen molar-refractivity contribution in [3.8, 4) is 0 Å². The predicted octanol–water partition coefficient (Wildman–Crippen LogP) is 0.0708. The van der Waals surface area contributed by atoms with E-state index in [1.807, 2.05) is 13.8 Å². The molecule has 0 atom stereocenters. The molecule has 0 aliphatic rings. The second-order valence-corrected chi connectivity index (χ2v) is 9.54. The zero-order chi connectivity index (χ0) is 15.1. The Kier molecular flexibility index (Phi) is 8.11. The quantitative estimate of drug-likeness (QED) is 0.577. The molecule has 0 aliphatic carbocycles. The van der Waals surface area contributed by atoms with Gasteiger partial charge in [-0.3, -0.25) is 0 Å². The van der Waals surface area contributed by atoms with Gasteiger partial charge in [-0.2, -0.15) is 0 Å². The maximum Gasteiger partial charge on any atom is 0.213 e. The fourth-order valence-corrected chi connectivity index (χ4v) is 3.36. The molecule has 0 aromatic rings. The first-order valence-electron chi connectivity index (χ1n) is 6.40. The van der Waals surface area contributed by atoms with Crippen molar-refractivity contribution in [2.45, 2.75) is 32.7 Å². The SMILES string of the molecule is CC(C)NCCCCS(=O)(=O)N(C)CCS(C)(=O)=O.